The largest absolute Gasteiger partial charge is 0.504 e. The van der Waals surface area contributed by atoms with Crippen molar-refractivity contribution >= 4 is 33.0 Å². The van der Waals surface area contributed by atoms with Crippen molar-refractivity contribution in [3.05, 3.63) is 40.9 Å². The molecule has 0 bridgehead atoms. The Morgan fingerprint density at radius 3 is 2.32 bits per heavy atom. The summed E-state index contributed by atoms with van der Waals surface area (Å²) in [6, 6.07) is 8.98. The Labute approximate surface area is 148 Å². The Kier molecular flexibility index (Phi) is 4.18. The van der Waals surface area contributed by atoms with Crippen molar-refractivity contribution in [2.75, 3.05) is 13.4 Å². The van der Waals surface area contributed by atoms with Crippen LogP contribution in [0, 0.1) is 4.51 Å². The van der Waals surface area contributed by atoms with E-state index in [0.29, 0.717) is 15.8 Å². The van der Waals surface area contributed by atoms with Crippen molar-refractivity contribution in [1.29, 1.82) is 0 Å². The van der Waals surface area contributed by atoms with Crippen LogP contribution < -0.4 is 4.74 Å². The molecule has 0 saturated heterocycles. The lowest BCUT2D eigenvalue weighted by Gasteiger charge is -2.10. The summed E-state index contributed by atoms with van der Waals surface area (Å²) in [5, 5.41) is 20.4. The van der Waals surface area contributed by atoms with Crippen LogP contribution in [0.25, 0.3) is 22.3 Å². The van der Waals surface area contributed by atoms with Gasteiger partial charge in [0.05, 0.1) is 21.9 Å². The second-order valence-electron chi connectivity index (χ2n) is 5.42. The van der Waals surface area contributed by atoms with Crippen molar-refractivity contribution in [1.82, 2.24) is 0 Å². The molecule has 0 aliphatic rings. The van der Waals surface area contributed by atoms with E-state index in [2.05, 4.69) is 0 Å². The van der Waals surface area contributed by atoms with Gasteiger partial charge in [-0.05, 0) is 24.3 Å². The minimum atomic E-state index is -3.29. The van der Waals surface area contributed by atoms with Gasteiger partial charge in [-0.25, -0.2) is 8.42 Å². The van der Waals surface area contributed by atoms with Crippen LogP contribution in [0.1, 0.15) is 0 Å². The molecular weight excluding hydrogens is 364 g/mol. The number of benzene rings is 2. The number of hydrogen-bond donors (Lipinski definition) is 2. The first-order valence-electron chi connectivity index (χ1n) is 7.09. The van der Waals surface area contributed by atoms with Gasteiger partial charge in [-0.1, -0.05) is 12.2 Å². The molecule has 1 heterocycles. The van der Waals surface area contributed by atoms with E-state index >= 15 is 0 Å². The molecule has 0 fully saturated rings. The van der Waals surface area contributed by atoms with Crippen LogP contribution in [-0.2, 0) is 9.84 Å². The van der Waals surface area contributed by atoms with Gasteiger partial charge in [0.25, 0.3) is 0 Å². The monoisotopic (exact) mass is 378 g/mol. The third kappa shape index (κ3) is 3.06. The van der Waals surface area contributed by atoms with E-state index < -0.39 is 9.84 Å². The summed E-state index contributed by atoms with van der Waals surface area (Å²) >= 11 is 5.31. The molecule has 6 nitrogen and oxygen atoms in total. The van der Waals surface area contributed by atoms with Crippen LogP contribution in [0.2, 0.25) is 0 Å². The van der Waals surface area contributed by atoms with Crippen LogP contribution >= 0.6 is 12.2 Å². The molecule has 8 heteroatoms. The lowest BCUT2D eigenvalue weighted by atomic mass is 10.1. The van der Waals surface area contributed by atoms with Gasteiger partial charge in [-0.15, -0.1) is 0 Å². The molecule has 1 aromatic heterocycles. The smallest absolute Gasteiger partial charge is 0.203 e. The average molecular weight is 378 g/mol. The molecule has 0 amide bonds. The van der Waals surface area contributed by atoms with E-state index in [1.807, 2.05) is 0 Å². The molecule has 0 aliphatic heterocycles. The van der Waals surface area contributed by atoms with Crippen molar-refractivity contribution in [3.63, 3.8) is 0 Å². The first-order valence-corrected chi connectivity index (χ1v) is 9.39. The molecule has 2 N–H and O–H groups in total. The van der Waals surface area contributed by atoms with Gasteiger partial charge in [-0.3, -0.25) is 0 Å². The van der Waals surface area contributed by atoms with Gasteiger partial charge in [0.1, 0.15) is 11.3 Å². The minimum absolute atomic E-state index is 0.0842. The number of fused-ring (bicyclic) bond motifs is 1. The van der Waals surface area contributed by atoms with Crippen LogP contribution in [-0.4, -0.2) is 32.0 Å². The molecular formula is C17H14O6S2. The zero-order valence-corrected chi connectivity index (χ0v) is 14.9. The summed E-state index contributed by atoms with van der Waals surface area (Å²) in [6.07, 6.45) is 1.13. The zero-order chi connectivity index (χ0) is 18.4. The van der Waals surface area contributed by atoms with E-state index in [1.54, 1.807) is 18.2 Å². The first-order chi connectivity index (χ1) is 11.7. The predicted octanol–water partition coefficient (Wildman–Crippen LogP) is 3.65. The maximum atomic E-state index is 11.5. The molecule has 0 radical (unpaired) electrons. The topological polar surface area (TPSA) is 97.0 Å². The Hall–Kier alpha value is -2.58. The molecule has 130 valence electrons. The zero-order valence-electron chi connectivity index (χ0n) is 13.3. The highest BCUT2D eigenvalue weighted by Crippen LogP contribution is 2.43. The highest BCUT2D eigenvalue weighted by atomic mass is 32.2. The van der Waals surface area contributed by atoms with Gasteiger partial charge in [0, 0.05) is 24.0 Å². The molecule has 0 aliphatic carbocycles. The molecule has 3 aromatic rings. The Balaban J connectivity index is 2.21. The fourth-order valence-corrected chi connectivity index (χ4v) is 3.42. The average Bonchev–Trinajstić information content (AvgIpc) is 2.53. The second-order valence-corrected chi connectivity index (χ2v) is 7.88. The number of sulfone groups is 1. The number of hydrogen-bond acceptors (Lipinski definition) is 7. The SMILES string of the molecule is COc1c(O)cc2oc(-c3ccc(S(C)(=O)=O)cc3)cc(=S)c2c1O. The molecule has 25 heavy (non-hydrogen) atoms. The summed E-state index contributed by atoms with van der Waals surface area (Å²) in [4.78, 5) is 0.190. The molecule has 0 saturated carbocycles. The maximum absolute atomic E-state index is 11.5. The van der Waals surface area contributed by atoms with Crippen LogP contribution in [0.3, 0.4) is 0 Å². The van der Waals surface area contributed by atoms with Crippen LogP contribution in [0.5, 0.6) is 17.2 Å². The predicted molar refractivity (Wildman–Crippen MR) is 95.5 cm³/mol. The standard InChI is InChI=1S/C17H14O6S2/c1-22-17-11(18)7-13-15(16(17)19)14(24)8-12(23-13)9-3-5-10(6-4-9)25(2,20)21/h3-8,18-19H,1-2H3. The summed E-state index contributed by atoms with van der Waals surface area (Å²) in [5.74, 6) is -0.291. The highest BCUT2D eigenvalue weighted by molar-refractivity contribution is 7.90. The van der Waals surface area contributed by atoms with Crippen molar-refractivity contribution < 1.29 is 27.8 Å². The van der Waals surface area contributed by atoms with Crippen molar-refractivity contribution in [3.8, 4) is 28.6 Å². The quantitative estimate of drug-likeness (QED) is 0.671. The summed E-state index contributed by atoms with van der Waals surface area (Å²) in [7, 11) is -1.98. The number of phenols is 2. The molecule has 3 rings (SSSR count). The summed E-state index contributed by atoms with van der Waals surface area (Å²) in [5.41, 5.74) is 0.792. The molecule has 2 aromatic carbocycles. The Morgan fingerprint density at radius 2 is 1.76 bits per heavy atom. The molecule has 0 atom stereocenters. The van der Waals surface area contributed by atoms with Gasteiger partial charge in [-0.2, -0.15) is 0 Å². The summed E-state index contributed by atoms with van der Waals surface area (Å²) in [6.45, 7) is 0. The lowest BCUT2D eigenvalue weighted by molar-refractivity contribution is 0.346. The van der Waals surface area contributed by atoms with E-state index in [-0.39, 0.29) is 33.1 Å². The van der Waals surface area contributed by atoms with E-state index in [4.69, 9.17) is 21.4 Å². The number of aromatic hydroxyl groups is 2. The van der Waals surface area contributed by atoms with Crippen LogP contribution in [0.15, 0.2) is 45.7 Å². The van der Waals surface area contributed by atoms with Gasteiger partial charge in [0.15, 0.2) is 21.3 Å². The fourth-order valence-electron chi connectivity index (χ4n) is 2.48. The molecule has 0 spiro atoms. The molecule has 0 unspecified atom stereocenters. The maximum Gasteiger partial charge on any atom is 0.203 e. The van der Waals surface area contributed by atoms with Gasteiger partial charge < -0.3 is 19.4 Å². The lowest BCUT2D eigenvalue weighted by Crippen LogP contribution is -1.96. The van der Waals surface area contributed by atoms with E-state index in [1.165, 1.54) is 25.3 Å². The minimum Gasteiger partial charge on any atom is -0.504 e. The Morgan fingerprint density at radius 1 is 1.12 bits per heavy atom. The Bertz CT molecular complexity index is 1130. The van der Waals surface area contributed by atoms with Crippen molar-refractivity contribution in [2.24, 2.45) is 0 Å². The third-order valence-corrected chi connectivity index (χ3v) is 5.15. The fraction of sp³-hybridized carbons (Fsp3) is 0.118. The van der Waals surface area contributed by atoms with Gasteiger partial charge >= 0.3 is 0 Å². The van der Waals surface area contributed by atoms with E-state index in [9.17, 15) is 18.6 Å². The first kappa shape index (κ1) is 17.2. The number of ether oxygens (including phenoxy) is 1. The third-order valence-electron chi connectivity index (χ3n) is 3.70. The highest BCUT2D eigenvalue weighted by Gasteiger charge is 2.17. The number of rotatable bonds is 3. The number of methoxy groups -OCH3 is 1. The van der Waals surface area contributed by atoms with Crippen LogP contribution in [0.4, 0.5) is 0 Å². The van der Waals surface area contributed by atoms with Crippen molar-refractivity contribution in [2.45, 2.75) is 4.90 Å². The summed E-state index contributed by atoms with van der Waals surface area (Å²) < 4.78 is 34.1. The second kappa shape index (κ2) is 6.05. The van der Waals surface area contributed by atoms with Gasteiger partial charge in [0.2, 0.25) is 5.75 Å². The number of phenolic OH excluding ortho intramolecular Hbond substituents is 2. The van der Waals surface area contributed by atoms with E-state index in [0.717, 1.165) is 6.26 Å². The normalized spacial score (nSPS) is 11.6.